The van der Waals surface area contributed by atoms with Gasteiger partial charge in [-0.25, -0.2) is 0 Å². The van der Waals surface area contributed by atoms with E-state index in [1.807, 2.05) is 0 Å². The maximum absolute atomic E-state index is 5.33. The van der Waals surface area contributed by atoms with Gasteiger partial charge in [0, 0.05) is 26.4 Å². The Balaban J connectivity index is 2.10. The average Bonchev–Trinajstić information content (AvgIpc) is 2.25. The first-order valence-electron chi connectivity index (χ1n) is 5.66. The van der Waals surface area contributed by atoms with Gasteiger partial charge in [-0.15, -0.1) is 0 Å². The molecule has 84 valence electrons. The summed E-state index contributed by atoms with van der Waals surface area (Å²) >= 11 is 0. The number of rotatable bonds is 6. The Morgan fingerprint density at radius 3 is 2.71 bits per heavy atom. The monoisotopic (exact) mass is 201 g/mol. The van der Waals surface area contributed by atoms with Crippen molar-refractivity contribution in [2.75, 3.05) is 33.5 Å². The van der Waals surface area contributed by atoms with Crippen LogP contribution in [0.1, 0.15) is 26.2 Å². The maximum Gasteiger partial charge on any atom is 0.0615 e. The first-order chi connectivity index (χ1) is 6.86. The third-order valence-electron chi connectivity index (χ3n) is 2.90. The van der Waals surface area contributed by atoms with E-state index in [1.165, 1.54) is 12.8 Å². The van der Waals surface area contributed by atoms with E-state index in [0.717, 1.165) is 38.7 Å². The molecule has 14 heavy (non-hydrogen) atoms. The molecule has 0 aromatic carbocycles. The van der Waals surface area contributed by atoms with Crippen molar-refractivity contribution in [3.63, 3.8) is 0 Å². The van der Waals surface area contributed by atoms with Crippen LogP contribution in [-0.4, -0.2) is 39.5 Å². The molecule has 1 aliphatic heterocycles. The van der Waals surface area contributed by atoms with Crippen molar-refractivity contribution in [2.24, 2.45) is 5.92 Å². The normalized spacial score (nSPS) is 21.0. The second kappa shape index (κ2) is 7.21. The quantitative estimate of drug-likeness (QED) is 0.705. The molecule has 1 fully saturated rings. The van der Waals surface area contributed by atoms with Crippen molar-refractivity contribution in [3.8, 4) is 0 Å². The van der Waals surface area contributed by atoms with Crippen LogP contribution in [0.5, 0.6) is 0 Å². The molecule has 1 atom stereocenters. The number of nitrogens with one attached hydrogen (secondary N) is 1. The van der Waals surface area contributed by atoms with Gasteiger partial charge in [0.25, 0.3) is 0 Å². The first kappa shape index (κ1) is 12.0. The van der Waals surface area contributed by atoms with Crippen LogP contribution >= 0.6 is 0 Å². The molecule has 1 saturated heterocycles. The van der Waals surface area contributed by atoms with E-state index >= 15 is 0 Å². The minimum absolute atomic E-state index is 0.517. The zero-order chi connectivity index (χ0) is 10.2. The lowest BCUT2D eigenvalue weighted by Gasteiger charge is -2.25. The third-order valence-corrected chi connectivity index (χ3v) is 2.90. The Labute approximate surface area is 87.2 Å². The minimum Gasteiger partial charge on any atom is -0.383 e. The molecule has 0 aromatic rings. The summed E-state index contributed by atoms with van der Waals surface area (Å²) in [5.41, 5.74) is 0. The zero-order valence-corrected chi connectivity index (χ0v) is 9.42. The number of hydrogen-bond donors (Lipinski definition) is 1. The Bertz CT molecular complexity index is 130. The SMILES string of the molecule is CC[C@@H](COC)NCC1CCOCC1. The molecule has 1 N–H and O–H groups in total. The molecular formula is C11H23NO2. The molecular weight excluding hydrogens is 178 g/mol. The highest BCUT2D eigenvalue weighted by molar-refractivity contribution is 4.70. The fourth-order valence-corrected chi connectivity index (χ4v) is 1.81. The van der Waals surface area contributed by atoms with Gasteiger partial charge in [-0.2, -0.15) is 0 Å². The van der Waals surface area contributed by atoms with E-state index in [0.29, 0.717) is 6.04 Å². The summed E-state index contributed by atoms with van der Waals surface area (Å²) in [5.74, 6) is 0.801. The predicted octanol–water partition coefficient (Wildman–Crippen LogP) is 1.43. The zero-order valence-electron chi connectivity index (χ0n) is 9.42. The van der Waals surface area contributed by atoms with Gasteiger partial charge < -0.3 is 14.8 Å². The number of hydrogen-bond acceptors (Lipinski definition) is 3. The summed E-state index contributed by atoms with van der Waals surface area (Å²) in [6, 6.07) is 0.517. The summed E-state index contributed by atoms with van der Waals surface area (Å²) in [5, 5.41) is 3.56. The molecule has 0 aliphatic carbocycles. The summed E-state index contributed by atoms with van der Waals surface area (Å²) in [6.07, 6.45) is 3.55. The minimum atomic E-state index is 0.517. The van der Waals surface area contributed by atoms with E-state index in [9.17, 15) is 0 Å². The predicted molar refractivity (Wildman–Crippen MR) is 57.5 cm³/mol. The number of methoxy groups -OCH3 is 1. The lowest BCUT2D eigenvalue weighted by atomic mass is 10.00. The van der Waals surface area contributed by atoms with Gasteiger partial charge >= 0.3 is 0 Å². The molecule has 3 nitrogen and oxygen atoms in total. The van der Waals surface area contributed by atoms with Crippen molar-refractivity contribution in [1.29, 1.82) is 0 Å². The molecule has 0 radical (unpaired) electrons. The summed E-state index contributed by atoms with van der Waals surface area (Å²) in [7, 11) is 1.76. The van der Waals surface area contributed by atoms with Gasteiger partial charge in [-0.1, -0.05) is 6.92 Å². The Kier molecular flexibility index (Phi) is 6.15. The molecule has 0 aromatic heterocycles. The number of ether oxygens (including phenoxy) is 2. The van der Waals surface area contributed by atoms with E-state index in [-0.39, 0.29) is 0 Å². The summed E-state index contributed by atoms with van der Waals surface area (Å²) < 4.78 is 10.5. The van der Waals surface area contributed by atoms with Gasteiger partial charge in [0.2, 0.25) is 0 Å². The molecule has 0 spiro atoms. The van der Waals surface area contributed by atoms with E-state index in [2.05, 4.69) is 12.2 Å². The van der Waals surface area contributed by atoms with Gasteiger partial charge in [0.1, 0.15) is 0 Å². The topological polar surface area (TPSA) is 30.5 Å². The van der Waals surface area contributed by atoms with E-state index < -0.39 is 0 Å². The molecule has 1 rings (SSSR count). The van der Waals surface area contributed by atoms with Crippen molar-refractivity contribution >= 4 is 0 Å². The summed E-state index contributed by atoms with van der Waals surface area (Å²) in [6.45, 7) is 6.01. The van der Waals surface area contributed by atoms with Crippen molar-refractivity contribution < 1.29 is 9.47 Å². The Morgan fingerprint density at radius 2 is 2.14 bits per heavy atom. The maximum atomic E-state index is 5.33. The summed E-state index contributed by atoms with van der Waals surface area (Å²) in [4.78, 5) is 0. The second-order valence-corrected chi connectivity index (χ2v) is 4.02. The van der Waals surface area contributed by atoms with E-state index in [4.69, 9.17) is 9.47 Å². The molecule has 3 heteroatoms. The van der Waals surface area contributed by atoms with Crippen LogP contribution in [-0.2, 0) is 9.47 Å². The van der Waals surface area contributed by atoms with Crippen molar-refractivity contribution in [1.82, 2.24) is 5.32 Å². The highest BCUT2D eigenvalue weighted by atomic mass is 16.5. The van der Waals surface area contributed by atoms with Gasteiger partial charge in [-0.3, -0.25) is 0 Å². The highest BCUT2D eigenvalue weighted by Gasteiger charge is 2.14. The molecule has 0 amide bonds. The van der Waals surface area contributed by atoms with Crippen LogP contribution in [0.4, 0.5) is 0 Å². The lowest BCUT2D eigenvalue weighted by Crippen LogP contribution is -2.37. The first-order valence-corrected chi connectivity index (χ1v) is 5.66. The van der Waals surface area contributed by atoms with Crippen LogP contribution in [0.2, 0.25) is 0 Å². The fourth-order valence-electron chi connectivity index (χ4n) is 1.81. The van der Waals surface area contributed by atoms with Gasteiger partial charge in [-0.05, 0) is 31.7 Å². The standard InChI is InChI=1S/C11H23NO2/c1-3-11(9-13-2)12-8-10-4-6-14-7-5-10/h10-12H,3-9H2,1-2H3/t11-/m0/s1. The smallest absolute Gasteiger partial charge is 0.0615 e. The Hall–Kier alpha value is -0.120. The highest BCUT2D eigenvalue weighted by Crippen LogP contribution is 2.13. The van der Waals surface area contributed by atoms with Crippen LogP contribution < -0.4 is 5.32 Å². The van der Waals surface area contributed by atoms with Crippen molar-refractivity contribution in [2.45, 2.75) is 32.2 Å². The largest absolute Gasteiger partial charge is 0.383 e. The molecule has 0 bridgehead atoms. The van der Waals surface area contributed by atoms with Crippen LogP contribution in [0, 0.1) is 5.92 Å². The van der Waals surface area contributed by atoms with E-state index in [1.54, 1.807) is 7.11 Å². The second-order valence-electron chi connectivity index (χ2n) is 4.02. The fraction of sp³-hybridized carbons (Fsp3) is 1.00. The van der Waals surface area contributed by atoms with Crippen LogP contribution in [0.3, 0.4) is 0 Å². The molecule has 1 aliphatic rings. The van der Waals surface area contributed by atoms with Crippen LogP contribution in [0.15, 0.2) is 0 Å². The molecule has 0 unspecified atom stereocenters. The Morgan fingerprint density at radius 1 is 1.43 bits per heavy atom. The molecule has 0 saturated carbocycles. The lowest BCUT2D eigenvalue weighted by molar-refractivity contribution is 0.0637. The van der Waals surface area contributed by atoms with Gasteiger partial charge in [0.15, 0.2) is 0 Å². The third kappa shape index (κ3) is 4.40. The average molecular weight is 201 g/mol. The molecule has 1 heterocycles. The van der Waals surface area contributed by atoms with Gasteiger partial charge in [0.05, 0.1) is 6.61 Å². The van der Waals surface area contributed by atoms with Crippen molar-refractivity contribution in [3.05, 3.63) is 0 Å². The van der Waals surface area contributed by atoms with Crippen LogP contribution in [0.25, 0.3) is 0 Å².